The Labute approximate surface area is 117 Å². The van der Waals surface area contributed by atoms with E-state index >= 15 is 0 Å². The van der Waals surface area contributed by atoms with Crippen molar-refractivity contribution < 1.29 is 4.79 Å². The van der Waals surface area contributed by atoms with Crippen LogP contribution in [0.1, 0.15) is 33.6 Å². The van der Waals surface area contributed by atoms with E-state index in [1.54, 1.807) is 12.2 Å². The molecule has 1 rings (SSSR count). The van der Waals surface area contributed by atoms with E-state index in [1.807, 2.05) is 19.1 Å². The summed E-state index contributed by atoms with van der Waals surface area (Å²) in [6, 6.07) is 0.886. The number of likely N-dealkylation sites (tertiary alicyclic amines) is 1. The Morgan fingerprint density at radius 3 is 2.47 bits per heavy atom. The maximum absolute atomic E-state index is 12.1. The van der Waals surface area contributed by atoms with E-state index in [9.17, 15) is 4.79 Å². The average molecular weight is 262 g/mol. The third-order valence-electron chi connectivity index (χ3n) is 3.50. The summed E-state index contributed by atoms with van der Waals surface area (Å²) in [5, 5.41) is 3.12. The van der Waals surface area contributed by atoms with Crippen molar-refractivity contribution in [3.05, 3.63) is 36.5 Å². The Kier molecular flexibility index (Phi) is 6.57. The van der Waals surface area contributed by atoms with Crippen LogP contribution >= 0.6 is 0 Å². The highest BCUT2D eigenvalue weighted by atomic mass is 16.1. The normalized spacial score (nSPS) is 19.1. The van der Waals surface area contributed by atoms with Crippen molar-refractivity contribution in [1.29, 1.82) is 0 Å². The Morgan fingerprint density at radius 2 is 2.00 bits per heavy atom. The molecule has 1 aliphatic rings. The van der Waals surface area contributed by atoms with E-state index in [0.717, 1.165) is 25.9 Å². The summed E-state index contributed by atoms with van der Waals surface area (Å²) in [4.78, 5) is 14.6. The fraction of sp³-hybridized carbons (Fsp3) is 0.562. The second-order valence-electron chi connectivity index (χ2n) is 5.24. The first kappa shape index (κ1) is 15.7. The van der Waals surface area contributed by atoms with Crippen molar-refractivity contribution in [1.82, 2.24) is 10.2 Å². The molecule has 1 fully saturated rings. The topological polar surface area (TPSA) is 32.3 Å². The van der Waals surface area contributed by atoms with Crippen LogP contribution in [0.3, 0.4) is 0 Å². The molecule has 0 saturated carbocycles. The first-order chi connectivity index (χ1) is 9.08. The summed E-state index contributed by atoms with van der Waals surface area (Å²) >= 11 is 0. The van der Waals surface area contributed by atoms with Gasteiger partial charge in [0.1, 0.15) is 0 Å². The molecule has 0 aromatic rings. The molecule has 1 N–H and O–H groups in total. The van der Waals surface area contributed by atoms with E-state index in [-0.39, 0.29) is 5.91 Å². The molecule has 106 valence electrons. The van der Waals surface area contributed by atoms with Gasteiger partial charge >= 0.3 is 0 Å². The lowest BCUT2D eigenvalue weighted by Gasteiger charge is -2.34. The zero-order chi connectivity index (χ0) is 14.3. The van der Waals surface area contributed by atoms with Gasteiger partial charge in [0.05, 0.1) is 0 Å². The maximum Gasteiger partial charge on any atom is 0.251 e. The van der Waals surface area contributed by atoms with E-state index < -0.39 is 0 Å². The lowest BCUT2D eigenvalue weighted by Crippen LogP contribution is -2.46. The number of allylic oxidation sites excluding steroid dienone is 3. The van der Waals surface area contributed by atoms with Gasteiger partial charge in [-0.05, 0) is 33.6 Å². The standard InChI is InChI=1S/C16H26N2O/c1-5-7-14(8-6-2)16(19)17-15-9-11-18(12-10-15)13(3)4/h5-8,13,15H,1,9-12H2,2-4H3,(H,17,19)/b8-6-,14-7+. The van der Waals surface area contributed by atoms with Crippen molar-refractivity contribution in [2.75, 3.05) is 13.1 Å². The predicted molar refractivity (Wildman–Crippen MR) is 81.0 cm³/mol. The molecule has 1 aliphatic heterocycles. The van der Waals surface area contributed by atoms with Gasteiger partial charge in [0.2, 0.25) is 0 Å². The molecule has 0 radical (unpaired) electrons. The Morgan fingerprint density at radius 1 is 1.37 bits per heavy atom. The smallest absolute Gasteiger partial charge is 0.251 e. The number of carbonyl (C=O) groups is 1. The molecule has 0 spiro atoms. The van der Waals surface area contributed by atoms with Gasteiger partial charge in [-0.15, -0.1) is 0 Å². The second-order valence-corrected chi connectivity index (χ2v) is 5.24. The summed E-state index contributed by atoms with van der Waals surface area (Å²) in [5.41, 5.74) is 0.670. The van der Waals surface area contributed by atoms with Crippen LogP contribution in [-0.2, 0) is 4.79 Å². The van der Waals surface area contributed by atoms with E-state index in [2.05, 4.69) is 30.6 Å². The zero-order valence-corrected chi connectivity index (χ0v) is 12.4. The summed E-state index contributed by atoms with van der Waals surface area (Å²) in [7, 11) is 0. The van der Waals surface area contributed by atoms with Gasteiger partial charge in [-0.3, -0.25) is 4.79 Å². The third-order valence-corrected chi connectivity index (χ3v) is 3.50. The number of hydrogen-bond acceptors (Lipinski definition) is 2. The largest absolute Gasteiger partial charge is 0.349 e. The Balaban J connectivity index is 2.50. The Hall–Kier alpha value is -1.35. The number of nitrogens with zero attached hydrogens (tertiary/aromatic N) is 1. The highest BCUT2D eigenvalue weighted by Gasteiger charge is 2.22. The highest BCUT2D eigenvalue weighted by Crippen LogP contribution is 2.13. The number of amides is 1. The Bertz CT molecular complexity index is 361. The minimum absolute atomic E-state index is 0.000923. The monoisotopic (exact) mass is 262 g/mol. The molecule has 1 saturated heterocycles. The van der Waals surface area contributed by atoms with Gasteiger partial charge in [0.15, 0.2) is 0 Å². The van der Waals surface area contributed by atoms with Gasteiger partial charge in [-0.1, -0.05) is 30.9 Å². The molecule has 0 atom stereocenters. The lowest BCUT2D eigenvalue weighted by atomic mass is 10.0. The SMILES string of the molecule is C=C/C=C(\C=C/C)C(=O)NC1CCN(C(C)C)CC1. The van der Waals surface area contributed by atoms with Crippen molar-refractivity contribution >= 4 is 5.91 Å². The van der Waals surface area contributed by atoms with E-state index in [0.29, 0.717) is 17.7 Å². The molecule has 0 aliphatic carbocycles. The van der Waals surface area contributed by atoms with Crippen LogP contribution in [0.2, 0.25) is 0 Å². The van der Waals surface area contributed by atoms with Crippen LogP contribution in [0.15, 0.2) is 36.5 Å². The molecule has 0 bridgehead atoms. The van der Waals surface area contributed by atoms with E-state index in [1.165, 1.54) is 0 Å². The molecule has 1 amide bonds. The van der Waals surface area contributed by atoms with Crippen LogP contribution in [0.5, 0.6) is 0 Å². The minimum atomic E-state index is 0.000923. The fourth-order valence-corrected chi connectivity index (χ4v) is 2.34. The number of rotatable bonds is 5. The van der Waals surface area contributed by atoms with Crippen LogP contribution in [0.4, 0.5) is 0 Å². The van der Waals surface area contributed by atoms with Gasteiger partial charge in [0, 0.05) is 30.7 Å². The van der Waals surface area contributed by atoms with Gasteiger partial charge < -0.3 is 10.2 Å². The number of nitrogens with one attached hydrogen (secondary N) is 1. The molecular formula is C16H26N2O. The maximum atomic E-state index is 12.1. The van der Waals surface area contributed by atoms with Gasteiger partial charge in [-0.2, -0.15) is 0 Å². The second kappa shape index (κ2) is 7.95. The molecule has 19 heavy (non-hydrogen) atoms. The summed E-state index contributed by atoms with van der Waals surface area (Å²) in [6.07, 6.45) is 9.15. The van der Waals surface area contributed by atoms with Crippen molar-refractivity contribution in [2.24, 2.45) is 0 Å². The van der Waals surface area contributed by atoms with Crippen molar-refractivity contribution in [3.8, 4) is 0 Å². The zero-order valence-electron chi connectivity index (χ0n) is 12.4. The van der Waals surface area contributed by atoms with Crippen LogP contribution in [0, 0.1) is 0 Å². The molecule has 0 aromatic carbocycles. The van der Waals surface area contributed by atoms with Gasteiger partial charge in [0.25, 0.3) is 5.91 Å². The number of carbonyl (C=O) groups excluding carboxylic acids is 1. The quantitative estimate of drug-likeness (QED) is 0.610. The highest BCUT2D eigenvalue weighted by molar-refractivity contribution is 5.96. The summed E-state index contributed by atoms with van der Waals surface area (Å²) in [6.45, 7) is 12.1. The molecular weight excluding hydrogens is 236 g/mol. The summed E-state index contributed by atoms with van der Waals surface area (Å²) in [5.74, 6) is 0.000923. The summed E-state index contributed by atoms with van der Waals surface area (Å²) < 4.78 is 0. The molecule has 1 heterocycles. The molecule has 0 aromatic heterocycles. The van der Waals surface area contributed by atoms with E-state index in [4.69, 9.17) is 0 Å². The van der Waals surface area contributed by atoms with Crippen molar-refractivity contribution in [2.45, 2.75) is 45.7 Å². The average Bonchev–Trinajstić information content (AvgIpc) is 2.39. The molecule has 0 unspecified atom stereocenters. The minimum Gasteiger partial charge on any atom is -0.349 e. The third kappa shape index (κ3) is 5.03. The lowest BCUT2D eigenvalue weighted by molar-refractivity contribution is -0.118. The fourth-order valence-electron chi connectivity index (χ4n) is 2.34. The first-order valence-corrected chi connectivity index (χ1v) is 7.08. The number of hydrogen-bond donors (Lipinski definition) is 1. The predicted octanol–water partition coefficient (Wildman–Crippen LogP) is 2.66. The first-order valence-electron chi connectivity index (χ1n) is 7.08. The van der Waals surface area contributed by atoms with Gasteiger partial charge in [-0.25, -0.2) is 0 Å². The number of piperidine rings is 1. The van der Waals surface area contributed by atoms with Crippen LogP contribution in [-0.4, -0.2) is 36.0 Å². The molecule has 3 heteroatoms. The molecule has 3 nitrogen and oxygen atoms in total. The van der Waals surface area contributed by atoms with Crippen molar-refractivity contribution in [3.63, 3.8) is 0 Å². The van der Waals surface area contributed by atoms with Crippen LogP contribution in [0.25, 0.3) is 0 Å². The van der Waals surface area contributed by atoms with Crippen LogP contribution < -0.4 is 5.32 Å².